The highest BCUT2D eigenvalue weighted by atomic mass is 35.5. The first kappa shape index (κ1) is 21.2. The first-order chi connectivity index (χ1) is 15.7. The van der Waals surface area contributed by atoms with Crippen molar-refractivity contribution in [1.29, 1.82) is 0 Å². The summed E-state index contributed by atoms with van der Waals surface area (Å²) in [6, 6.07) is 16.0. The Morgan fingerprint density at radius 3 is 2.69 bits per heavy atom. The molecule has 2 aromatic carbocycles. The molecule has 2 heterocycles. The largest absolute Gasteiger partial charge is 0.349 e. The van der Waals surface area contributed by atoms with Gasteiger partial charge in [0.05, 0.1) is 12.6 Å². The lowest BCUT2D eigenvalue weighted by atomic mass is 9.87. The molecule has 6 nitrogen and oxygen atoms in total. The van der Waals surface area contributed by atoms with E-state index < -0.39 is 0 Å². The summed E-state index contributed by atoms with van der Waals surface area (Å²) in [5.74, 6) is 1.41. The van der Waals surface area contributed by atoms with Gasteiger partial charge in [0, 0.05) is 16.5 Å². The fourth-order valence-electron chi connectivity index (χ4n) is 4.77. The molecule has 7 heteroatoms. The lowest BCUT2D eigenvalue weighted by Gasteiger charge is -2.32. The number of nitrogens with zero attached hydrogens (tertiary/aromatic N) is 3. The maximum Gasteiger partial charge on any atom is 0.241 e. The van der Waals surface area contributed by atoms with Crippen molar-refractivity contribution in [1.82, 2.24) is 20.4 Å². The van der Waals surface area contributed by atoms with Gasteiger partial charge in [-0.1, -0.05) is 41.0 Å². The van der Waals surface area contributed by atoms with Crippen LogP contribution in [0.1, 0.15) is 48.7 Å². The highest BCUT2D eigenvalue weighted by Crippen LogP contribution is 2.30. The van der Waals surface area contributed by atoms with Crippen LogP contribution in [-0.4, -0.2) is 34.0 Å². The number of nitrogens with one attached hydrogen (secondary N) is 1. The molecule has 3 aromatic rings. The number of benzene rings is 2. The minimum Gasteiger partial charge on any atom is -0.349 e. The predicted octanol–water partition coefficient (Wildman–Crippen LogP) is 4.80. The molecule has 0 bridgehead atoms. The molecule has 1 amide bonds. The summed E-state index contributed by atoms with van der Waals surface area (Å²) in [6.45, 7) is 2.29. The monoisotopic (exact) mass is 450 g/mol. The first-order valence-electron chi connectivity index (χ1n) is 11.3. The van der Waals surface area contributed by atoms with Crippen molar-refractivity contribution in [2.24, 2.45) is 5.92 Å². The maximum atomic E-state index is 12.9. The fourth-order valence-corrected chi connectivity index (χ4v) is 4.90. The predicted molar refractivity (Wildman–Crippen MR) is 123 cm³/mol. The number of halogens is 1. The molecule has 1 atom stereocenters. The van der Waals surface area contributed by atoms with Gasteiger partial charge in [-0.25, -0.2) is 0 Å². The van der Waals surface area contributed by atoms with Gasteiger partial charge in [0.25, 0.3) is 0 Å². The standard InChI is InChI=1S/C25H27ClN4O2/c26-20-10-8-18(9-11-20)24-28-23(32-29-24)16-30-14-12-19(13-15-30)25(31)27-22-7-3-5-17-4-1-2-6-21(17)22/h1-2,4,6,8-11,19,22H,3,5,7,12-16H2,(H,27,31). The molecule has 32 heavy (non-hydrogen) atoms. The molecule has 1 aliphatic heterocycles. The molecule has 0 spiro atoms. The van der Waals surface area contributed by atoms with Gasteiger partial charge >= 0.3 is 0 Å². The first-order valence-corrected chi connectivity index (χ1v) is 11.7. The molecule has 0 radical (unpaired) electrons. The second kappa shape index (κ2) is 9.43. The van der Waals surface area contributed by atoms with Crippen molar-refractivity contribution in [3.8, 4) is 11.4 Å². The van der Waals surface area contributed by atoms with Gasteiger partial charge in [-0.3, -0.25) is 9.69 Å². The van der Waals surface area contributed by atoms with Gasteiger partial charge in [-0.2, -0.15) is 4.98 Å². The van der Waals surface area contributed by atoms with Crippen LogP contribution >= 0.6 is 11.6 Å². The molecule has 1 unspecified atom stereocenters. The van der Waals surface area contributed by atoms with E-state index in [9.17, 15) is 4.79 Å². The minimum absolute atomic E-state index is 0.0626. The number of rotatable bonds is 5. The Kier molecular flexibility index (Phi) is 6.23. The lowest BCUT2D eigenvalue weighted by molar-refractivity contribution is -0.127. The van der Waals surface area contributed by atoms with E-state index in [0.29, 0.717) is 23.3 Å². The summed E-state index contributed by atoms with van der Waals surface area (Å²) in [5.41, 5.74) is 3.54. The Bertz CT molecular complexity index is 1070. The van der Waals surface area contributed by atoms with E-state index in [4.69, 9.17) is 16.1 Å². The summed E-state index contributed by atoms with van der Waals surface area (Å²) < 4.78 is 5.45. The summed E-state index contributed by atoms with van der Waals surface area (Å²) in [7, 11) is 0. The van der Waals surface area contributed by atoms with Crippen LogP contribution in [0.3, 0.4) is 0 Å². The Labute approximate surface area is 193 Å². The molecule has 5 rings (SSSR count). The van der Waals surface area contributed by atoms with Gasteiger partial charge in [0.2, 0.25) is 17.6 Å². The third kappa shape index (κ3) is 4.71. The summed E-state index contributed by atoms with van der Waals surface area (Å²) in [6.07, 6.45) is 4.95. The second-order valence-corrected chi connectivity index (χ2v) is 9.16. The molecule has 2 aliphatic rings. The van der Waals surface area contributed by atoms with Gasteiger partial charge in [0.15, 0.2) is 0 Å². The number of likely N-dealkylation sites (tertiary alicyclic amines) is 1. The van der Waals surface area contributed by atoms with Crippen molar-refractivity contribution < 1.29 is 9.32 Å². The molecule has 1 N–H and O–H groups in total. The van der Waals surface area contributed by atoms with E-state index in [1.807, 2.05) is 24.3 Å². The van der Waals surface area contributed by atoms with Crippen LogP contribution in [0, 0.1) is 5.92 Å². The third-order valence-electron chi connectivity index (χ3n) is 6.57. The summed E-state index contributed by atoms with van der Waals surface area (Å²) in [4.78, 5) is 19.7. The average Bonchev–Trinajstić information content (AvgIpc) is 3.29. The molecular weight excluding hydrogens is 424 g/mol. The van der Waals surface area contributed by atoms with Crippen molar-refractivity contribution >= 4 is 17.5 Å². The average molecular weight is 451 g/mol. The van der Waals surface area contributed by atoms with E-state index >= 15 is 0 Å². The van der Waals surface area contributed by atoms with Crippen molar-refractivity contribution in [2.75, 3.05) is 13.1 Å². The Balaban J connectivity index is 1.13. The molecule has 1 aromatic heterocycles. The van der Waals surface area contributed by atoms with Crippen LogP contribution in [0.5, 0.6) is 0 Å². The number of fused-ring (bicyclic) bond motifs is 1. The zero-order chi connectivity index (χ0) is 21.9. The number of aryl methyl sites for hydroxylation is 1. The Morgan fingerprint density at radius 1 is 1.09 bits per heavy atom. The van der Waals surface area contributed by atoms with E-state index in [0.717, 1.165) is 50.8 Å². The number of hydrogen-bond acceptors (Lipinski definition) is 5. The second-order valence-electron chi connectivity index (χ2n) is 8.72. The molecular formula is C25H27ClN4O2. The van der Waals surface area contributed by atoms with Gasteiger partial charge in [-0.15, -0.1) is 0 Å². The molecule has 1 fully saturated rings. The lowest BCUT2D eigenvalue weighted by Crippen LogP contribution is -2.41. The van der Waals surface area contributed by atoms with Crippen LogP contribution in [-0.2, 0) is 17.8 Å². The van der Waals surface area contributed by atoms with Crippen LogP contribution in [0.4, 0.5) is 0 Å². The van der Waals surface area contributed by atoms with E-state index in [-0.39, 0.29) is 17.9 Å². The summed E-state index contributed by atoms with van der Waals surface area (Å²) >= 11 is 5.94. The highest BCUT2D eigenvalue weighted by molar-refractivity contribution is 6.30. The van der Waals surface area contributed by atoms with Gasteiger partial charge in [0.1, 0.15) is 0 Å². The van der Waals surface area contributed by atoms with Crippen LogP contribution in [0.2, 0.25) is 5.02 Å². The zero-order valence-corrected chi connectivity index (χ0v) is 18.7. The Morgan fingerprint density at radius 2 is 1.88 bits per heavy atom. The Hall–Kier alpha value is -2.70. The van der Waals surface area contributed by atoms with Crippen LogP contribution in [0.25, 0.3) is 11.4 Å². The quantitative estimate of drug-likeness (QED) is 0.604. The normalized spacial score (nSPS) is 19.5. The van der Waals surface area contributed by atoms with Gasteiger partial charge < -0.3 is 9.84 Å². The topological polar surface area (TPSA) is 71.3 Å². The number of hydrogen-bond donors (Lipinski definition) is 1. The van der Waals surface area contributed by atoms with E-state index in [2.05, 4.69) is 44.6 Å². The minimum atomic E-state index is 0.0626. The number of carbonyl (C=O) groups is 1. The van der Waals surface area contributed by atoms with E-state index in [1.54, 1.807) is 0 Å². The molecule has 1 saturated heterocycles. The van der Waals surface area contributed by atoms with Crippen molar-refractivity contribution in [3.05, 3.63) is 70.6 Å². The van der Waals surface area contributed by atoms with Crippen LogP contribution < -0.4 is 5.32 Å². The van der Waals surface area contributed by atoms with Gasteiger partial charge in [-0.05, 0) is 80.6 Å². The third-order valence-corrected chi connectivity index (χ3v) is 6.83. The fraction of sp³-hybridized carbons (Fsp3) is 0.400. The smallest absolute Gasteiger partial charge is 0.241 e. The van der Waals surface area contributed by atoms with E-state index in [1.165, 1.54) is 11.1 Å². The van der Waals surface area contributed by atoms with Crippen molar-refractivity contribution in [3.63, 3.8) is 0 Å². The van der Waals surface area contributed by atoms with Crippen molar-refractivity contribution in [2.45, 2.75) is 44.7 Å². The highest BCUT2D eigenvalue weighted by Gasteiger charge is 2.29. The maximum absolute atomic E-state index is 12.9. The molecule has 166 valence electrons. The number of aromatic nitrogens is 2. The van der Waals surface area contributed by atoms with Crippen LogP contribution in [0.15, 0.2) is 53.1 Å². The SMILES string of the molecule is O=C(NC1CCCc2ccccc21)C1CCN(Cc2nc(-c3ccc(Cl)cc3)no2)CC1. The molecule has 1 aliphatic carbocycles. The molecule has 0 saturated carbocycles. The zero-order valence-electron chi connectivity index (χ0n) is 18.0. The number of carbonyl (C=O) groups excluding carboxylic acids is 1. The number of amides is 1. The number of piperidine rings is 1. The summed E-state index contributed by atoms with van der Waals surface area (Å²) in [5, 5.41) is 8.09.